The number of nitrogens with zero attached hydrogens (tertiary/aromatic N) is 3. The van der Waals surface area contributed by atoms with Gasteiger partial charge in [-0.25, -0.2) is 4.98 Å². The zero-order valence-electron chi connectivity index (χ0n) is 14.6. The van der Waals surface area contributed by atoms with Gasteiger partial charge in [-0.1, -0.05) is 17.7 Å². The highest BCUT2D eigenvalue weighted by Gasteiger charge is 2.37. The molecule has 0 saturated carbocycles. The summed E-state index contributed by atoms with van der Waals surface area (Å²) in [5.74, 6) is 1.80. The van der Waals surface area contributed by atoms with Crippen molar-refractivity contribution >= 4 is 17.4 Å². The fraction of sp³-hybridized carbons (Fsp3) is 0.474. The van der Waals surface area contributed by atoms with E-state index in [4.69, 9.17) is 16.3 Å². The van der Waals surface area contributed by atoms with Crippen molar-refractivity contribution in [3.63, 3.8) is 0 Å². The Kier molecular flexibility index (Phi) is 5.53. The Morgan fingerprint density at radius 3 is 3.08 bits per heavy atom. The molecule has 0 radical (unpaired) electrons. The molecule has 0 amide bonds. The van der Waals surface area contributed by atoms with E-state index in [2.05, 4.69) is 25.7 Å². The molecule has 2 aliphatic rings. The highest BCUT2D eigenvalue weighted by atomic mass is 35.5. The molecule has 6 nitrogen and oxygen atoms in total. The van der Waals surface area contributed by atoms with Crippen LogP contribution in [0.5, 0.6) is 5.75 Å². The van der Waals surface area contributed by atoms with Gasteiger partial charge in [0.1, 0.15) is 11.6 Å². The van der Waals surface area contributed by atoms with Crippen LogP contribution < -0.4 is 20.5 Å². The van der Waals surface area contributed by atoms with Crippen molar-refractivity contribution < 1.29 is 4.74 Å². The monoisotopic (exact) mass is 373 g/mol. The molecule has 1 aromatic carbocycles. The number of nitrogens with one attached hydrogen (secondary N) is 2. The summed E-state index contributed by atoms with van der Waals surface area (Å²) in [4.78, 5) is 11.1. The summed E-state index contributed by atoms with van der Waals surface area (Å²) in [6.07, 6.45) is 9.76. The normalized spacial score (nSPS) is 25.6. The molecule has 2 saturated heterocycles. The third-order valence-corrected chi connectivity index (χ3v) is 5.39. The maximum absolute atomic E-state index is 5.99. The molecule has 0 aliphatic carbocycles. The summed E-state index contributed by atoms with van der Waals surface area (Å²) in [7, 11) is 0. The van der Waals surface area contributed by atoms with Crippen LogP contribution in [0.3, 0.4) is 0 Å². The first-order chi connectivity index (χ1) is 12.8. The number of hydrogen-bond acceptors (Lipinski definition) is 6. The van der Waals surface area contributed by atoms with Gasteiger partial charge in [-0.15, -0.1) is 0 Å². The lowest BCUT2D eigenvalue weighted by Crippen LogP contribution is -2.46. The van der Waals surface area contributed by atoms with E-state index in [0.717, 1.165) is 31.0 Å². The number of halogens is 1. The van der Waals surface area contributed by atoms with Gasteiger partial charge >= 0.3 is 0 Å². The molecule has 3 unspecified atom stereocenters. The van der Waals surface area contributed by atoms with Crippen molar-refractivity contribution in [2.75, 3.05) is 18.1 Å². The molecule has 3 atom stereocenters. The molecule has 7 heteroatoms. The lowest BCUT2D eigenvalue weighted by atomic mass is 9.99. The van der Waals surface area contributed by atoms with E-state index >= 15 is 0 Å². The Hall–Kier alpha value is -1.89. The summed E-state index contributed by atoms with van der Waals surface area (Å²) < 4.78 is 5.82. The van der Waals surface area contributed by atoms with E-state index in [1.807, 2.05) is 30.5 Å². The van der Waals surface area contributed by atoms with Gasteiger partial charge in [0.05, 0.1) is 12.8 Å². The van der Waals surface area contributed by atoms with Crippen LogP contribution in [0.15, 0.2) is 42.9 Å². The van der Waals surface area contributed by atoms with Crippen molar-refractivity contribution in [2.24, 2.45) is 0 Å². The predicted molar refractivity (Wildman–Crippen MR) is 102 cm³/mol. The maximum atomic E-state index is 5.99. The zero-order chi connectivity index (χ0) is 17.8. The fourth-order valence-corrected chi connectivity index (χ4v) is 4.08. The largest absolute Gasteiger partial charge is 0.493 e. The first-order valence-electron chi connectivity index (χ1n) is 9.22. The average Bonchev–Trinajstić information content (AvgIpc) is 3.32. The molecular formula is C19H24ClN5O. The Balaban J connectivity index is 1.28. The van der Waals surface area contributed by atoms with Gasteiger partial charge in [0.15, 0.2) is 0 Å². The lowest BCUT2D eigenvalue weighted by Gasteiger charge is -2.29. The summed E-state index contributed by atoms with van der Waals surface area (Å²) in [5, 5.41) is 0.702. The molecule has 3 heterocycles. The molecule has 0 bridgehead atoms. The second-order valence-corrected chi connectivity index (χ2v) is 7.33. The average molecular weight is 374 g/mol. The van der Waals surface area contributed by atoms with E-state index in [1.54, 1.807) is 12.4 Å². The maximum Gasteiger partial charge on any atom is 0.147 e. The van der Waals surface area contributed by atoms with E-state index in [0.29, 0.717) is 29.8 Å². The Labute approximate surface area is 158 Å². The van der Waals surface area contributed by atoms with Gasteiger partial charge in [0.25, 0.3) is 0 Å². The molecule has 26 heavy (non-hydrogen) atoms. The summed E-state index contributed by atoms with van der Waals surface area (Å²) >= 11 is 5.99. The highest BCUT2D eigenvalue weighted by molar-refractivity contribution is 6.30. The van der Waals surface area contributed by atoms with E-state index < -0.39 is 0 Å². The van der Waals surface area contributed by atoms with Crippen LogP contribution in [-0.2, 0) is 0 Å². The minimum Gasteiger partial charge on any atom is -0.493 e. The summed E-state index contributed by atoms with van der Waals surface area (Å²) in [5.41, 5.74) is 6.92. The van der Waals surface area contributed by atoms with Crippen LogP contribution in [0.1, 0.15) is 25.7 Å². The smallest absolute Gasteiger partial charge is 0.147 e. The van der Waals surface area contributed by atoms with Crippen LogP contribution in [0.25, 0.3) is 0 Å². The van der Waals surface area contributed by atoms with Crippen LogP contribution in [-0.4, -0.2) is 41.2 Å². The van der Waals surface area contributed by atoms with Crippen molar-refractivity contribution in [3.05, 3.63) is 47.9 Å². The van der Waals surface area contributed by atoms with Crippen molar-refractivity contribution in [3.8, 4) is 5.75 Å². The second kappa shape index (κ2) is 8.20. The Morgan fingerprint density at radius 1 is 1.27 bits per heavy atom. The molecule has 138 valence electrons. The molecule has 4 rings (SSSR count). The van der Waals surface area contributed by atoms with E-state index in [1.165, 1.54) is 12.8 Å². The topological polar surface area (TPSA) is 62.3 Å². The van der Waals surface area contributed by atoms with E-state index in [9.17, 15) is 0 Å². The van der Waals surface area contributed by atoms with Crippen LogP contribution in [0, 0.1) is 0 Å². The van der Waals surface area contributed by atoms with E-state index in [-0.39, 0.29) is 0 Å². The summed E-state index contributed by atoms with van der Waals surface area (Å²) in [6, 6.07) is 8.82. The standard InChI is InChI=1S/C19H24ClN5O/c20-14-3-1-4-16(11-14)26-10-6-15-12-17(24-23-15)18-5-2-9-25(18)19-13-21-7-8-22-19/h1,3-4,7-8,11,13,15,17-18,23-24H,2,5-6,9-10,12H2. The van der Waals surface area contributed by atoms with Crippen molar-refractivity contribution in [1.29, 1.82) is 0 Å². The molecule has 2 fully saturated rings. The number of anilines is 1. The predicted octanol–water partition coefficient (Wildman–Crippen LogP) is 2.80. The second-order valence-electron chi connectivity index (χ2n) is 6.89. The fourth-order valence-electron chi connectivity index (χ4n) is 3.90. The number of benzene rings is 1. The number of rotatable bonds is 6. The number of hydrogen-bond donors (Lipinski definition) is 2. The zero-order valence-corrected chi connectivity index (χ0v) is 15.4. The summed E-state index contributed by atoms with van der Waals surface area (Å²) in [6.45, 7) is 1.72. The number of ether oxygens (including phenoxy) is 1. The quantitative estimate of drug-likeness (QED) is 0.811. The SMILES string of the molecule is Clc1cccc(OCCC2CC(C3CCCN3c3cnccn3)NN2)c1. The van der Waals surface area contributed by atoms with Crippen LogP contribution in [0.2, 0.25) is 5.02 Å². The minimum absolute atomic E-state index is 0.406. The highest BCUT2D eigenvalue weighted by Crippen LogP contribution is 2.28. The van der Waals surface area contributed by atoms with Gasteiger partial charge in [-0.05, 0) is 43.9 Å². The first kappa shape index (κ1) is 17.5. The van der Waals surface area contributed by atoms with Crippen molar-refractivity contribution in [1.82, 2.24) is 20.8 Å². The van der Waals surface area contributed by atoms with Gasteiger partial charge in [0, 0.05) is 42.1 Å². The van der Waals surface area contributed by atoms with Gasteiger partial charge in [-0.3, -0.25) is 15.8 Å². The number of hydrazine groups is 1. The van der Waals surface area contributed by atoms with Crippen molar-refractivity contribution in [2.45, 2.75) is 43.8 Å². The van der Waals surface area contributed by atoms with Crippen LogP contribution >= 0.6 is 11.6 Å². The molecule has 1 aromatic heterocycles. The molecule has 2 N–H and O–H groups in total. The molecule has 0 spiro atoms. The first-order valence-corrected chi connectivity index (χ1v) is 9.59. The van der Waals surface area contributed by atoms with Gasteiger partial charge < -0.3 is 9.64 Å². The Morgan fingerprint density at radius 2 is 2.23 bits per heavy atom. The lowest BCUT2D eigenvalue weighted by molar-refractivity contribution is 0.290. The molecule has 2 aromatic rings. The molecule has 2 aliphatic heterocycles. The van der Waals surface area contributed by atoms with Gasteiger partial charge in [-0.2, -0.15) is 0 Å². The van der Waals surface area contributed by atoms with Gasteiger partial charge in [0.2, 0.25) is 0 Å². The third kappa shape index (κ3) is 4.09. The third-order valence-electron chi connectivity index (χ3n) is 5.15. The molecular weight excluding hydrogens is 350 g/mol. The van der Waals surface area contributed by atoms with Crippen LogP contribution in [0.4, 0.5) is 5.82 Å². The minimum atomic E-state index is 0.406. The number of aromatic nitrogens is 2. The Bertz CT molecular complexity index is 716.